The van der Waals surface area contributed by atoms with E-state index in [4.69, 9.17) is 0 Å². The van der Waals surface area contributed by atoms with E-state index < -0.39 is 0 Å². The van der Waals surface area contributed by atoms with Crippen LogP contribution in [0.5, 0.6) is 0 Å². The standard InChI is InChI=1S/C19H24N2/c1-3-7-17(8-4-1)15-19(21-13-11-20-12-14-21)16-18-9-5-2-6-10-18/h1-10,19-20H,11-16H2. The van der Waals surface area contributed by atoms with Crippen LogP contribution < -0.4 is 5.32 Å². The summed E-state index contributed by atoms with van der Waals surface area (Å²) < 4.78 is 0. The van der Waals surface area contributed by atoms with Gasteiger partial charge in [-0.05, 0) is 24.0 Å². The summed E-state index contributed by atoms with van der Waals surface area (Å²) in [5.41, 5.74) is 2.88. The third-order valence-electron chi connectivity index (χ3n) is 4.30. The van der Waals surface area contributed by atoms with E-state index in [0.29, 0.717) is 6.04 Å². The average molecular weight is 280 g/mol. The molecule has 0 spiro atoms. The second-order valence-corrected chi connectivity index (χ2v) is 5.82. The highest BCUT2D eigenvalue weighted by Gasteiger charge is 2.21. The molecule has 1 N–H and O–H groups in total. The Morgan fingerprint density at radius 1 is 0.762 bits per heavy atom. The smallest absolute Gasteiger partial charge is 0.0177 e. The van der Waals surface area contributed by atoms with Crippen molar-refractivity contribution >= 4 is 0 Å². The highest BCUT2D eigenvalue weighted by atomic mass is 15.2. The van der Waals surface area contributed by atoms with Gasteiger partial charge in [0.25, 0.3) is 0 Å². The van der Waals surface area contributed by atoms with E-state index in [1.54, 1.807) is 0 Å². The van der Waals surface area contributed by atoms with Crippen LogP contribution in [-0.4, -0.2) is 37.1 Å². The molecule has 1 heterocycles. The van der Waals surface area contributed by atoms with Gasteiger partial charge in [0.15, 0.2) is 0 Å². The predicted octanol–water partition coefficient (Wildman–Crippen LogP) is 2.75. The minimum Gasteiger partial charge on any atom is -0.314 e. The molecule has 2 nitrogen and oxygen atoms in total. The van der Waals surface area contributed by atoms with Crippen LogP contribution in [0.25, 0.3) is 0 Å². The predicted molar refractivity (Wildman–Crippen MR) is 88.5 cm³/mol. The van der Waals surface area contributed by atoms with Crippen molar-refractivity contribution in [3.05, 3.63) is 71.8 Å². The van der Waals surface area contributed by atoms with Gasteiger partial charge in [-0.1, -0.05) is 60.7 Å². The van der Waals surface area contributed by atoms with E-state index in [9.17, 15) is 0 Å². The first-order valence-electron chi connectivity index (χ1n) is 7.94. The van der Waals surface area contributed by atoms with Gasteiger partial charge in [0.2, 0.25) is 0 Å². The van der Waals surface area contributed by atoms with Crippen molar-refractivity contribution in [3.8, 4) is 0 Å². The van der Waals surface area contributed by atoms with Gasteiger partial charge in [0, 0.05) is 32.2 Å². The largest absolute Gasteiger partial charge is 0.314 e. The van der Waals surface area contributed by atoms with Crippen LogP contribution in [0, 0.1) is 0 Å². The van der Waals surface area contributed by atoms with Crippen LogP contribution in [-0.2, 0) is 12.8 Å². The van der Waals surface area contributed by atoms with E-state index in [1.165, 1.54) is 11.1 Å². The first-order chi connectivity index (χ1) is 10.4. The molecule has 2 aromatic carbocycles. The molecule has 3 rings (SSSR count). The lowest BCUT2D eigenvalue weighted by Gasteiger charge is -2.35. The molecule has 0 unspecified atom stereocenters. The average Bonchev–Trinajstić information content (AvgIpc) is 2.57. The van der Waals surface area contributed by atoms with Crippen molar-refractivity contribution in [2.24, 2.45) is 0 Å². The van der Waals surface area contributed by atoms with E-state index in [0.717, 1.165) is 39.0 Å². The SMILES string of the molecule is c1ccc(CC(Cc2ccccc2)N2CCNCC2)cc1. The van der Waals surface area contributed by atoms with E-state index in [-0.39, 0.29) is 0 Å². The summed E-state index contributed by atoms with van der Waals surface area (Å²) in [6, 6.07) is 22.4. The van der Waals surface area contributed by atoms with E-state index in [1.807, 2.05) is 0 Å². The van der Waals surface area contributed by atoms with Crippen LogP contribution >= 0.6 is 0 Å². The topological polar surface area (TPSA) is 15.3 Å². The molecule has 0 aromatic heterocycles. The number of hydrogen-bond donors (Lipinski definition) is 1. The number of hydrogen-bond acceptors (Lipinski definition) is 2. The van der Waals surface area contributed by atoms with Gasteiger partial charge in [-0.25, -0.2) is 0 Å². The van der Waals surface area contributed by atoms with Crippen molar-refractivity contribution in [1.29, 1.82) is 0 Å². The molecule has 0 bridgehead atoms. The lowest BCUT2D eigenvalue weighted by molar-refractivity contribution is 0.170. The van der Waals surface area contributed by atoms with Crippen LogP contribution in [0.4, 0.5) is 0 Å². The van der Waals surface area contributed by atoms with Crippen LogP contribution in [0.15, 0.2) is 60.7 Å². The highest BCUT2D eigenvalue weighted by molar-refractivity contribution is 5.20. The van der Waals surface area contributed by atoms with E-state index in [2.05, 4.69) is 70.9 Å². The van der Waals surface area contributed by atoms with E-state index >= 15 is 0 Å². The summed E-state index contributed by atoms with van der Waals surface area (Å²) in [5.74, 6) is 0. The summed E-state index contributed by atoms with van der Waals surface area (Å²) in [6.45, 7) is 4.54. The van der Waals surface area contributed by atoms with Gasteiger partial charge in [-0.3, -0.25) is 4.90 Å². The number of rotatable bonds is 5. The lowest BCUT2D eigenvalue weighted by atomic mass is 9.97. The number of nitrogens with one attached hydrogen (secondary N) is 1. The van der Waals surface area contributed by atoms with Gasteiger partial charge in [-0.2, -0.15) is 0 Å². The molecule has 0 saturated carbocycles. The Morgan fingerprint density at radius 3 is 1.71 bits per heavy atom. The molecule has 110 valence electrons. The maximum Gasteiger partial charge on any atom is 0.0177 e. The Hall–Kier alpha value is -1.64. The van der Waals surface area contributed by atoms with Gasteiger partial charge in [-0.15, -0.1) is 0 Å². The van der Waals surface area contributed by atoms with Crippen molar-refractivity contribution in [2.45, 2.75) is 18.9 Å². The fourth-order valence-corrected chi connectivity index (χ4v) is 3.15. The molecular formula is C19H24N2. The van der Waals surface area contributed by atoms with Gasteiger partial charge >= 0.3 is 0 Å². The quantitative estimate of drug-likeness (QED) is 0.906. The van der Waals surface area contributed by atoms with Gasteiger partial charge in [0.05, 0.1) is 0 Å². The molecule has 1 fully saturated rings. The summed E-state index contributed by atoms with van der Waals surface area (Å²) in [7, 11) is 0. The third-order valence-corrected chi connectivity index (χ3v) is 4.30. The molecule has 1 aliphatic heterocycles. The fourth-order valence-electron chi connectivity index (χ4n) is 3.15. The zero-order valence-corrected chi connectivity index (χ0v) is 12.5. The highest BCUT2D eigenvalue weighted by Crippen LogP contribution is 2.15. The molecule has 2 aromatic rings. The number of piperazine rings is 1. The second kappa shape index (κ2) is 7.39. The Balaban J connectivity index is 1.73. The van der Waals surface area contributed by atoms with Gasteiger partial charge < -0.3 is 5.32 Å². The first kappa shape index (κ1) is 14.3. The third kappa shape index (κ3) is 4.16. The minimum atomic E-state index is 0.594. The maximum absolute atomic E-state index is 3.46. The Labute approximate surface area is 127 Å². The fraction of sp³-hybridized carbons (Fsp3) is 0.368. The summed E-state index contributed by atoms with van der Waals surface area (Å²) in [4.78, 5) is 2.65. The van der Waals surface area contributed by atoms with Gasteiger partial charge in [0.1, 0.15) is 0 Å². The summed E-state index contributed by atoms with van der Waals surface area (Å²) >= 11 is 0. The summed E-state index contributed by atoms with van der Waals surface area (Å²) in [6.07, 6.45) is 2.27. The van der Waals surface area contributed by atoms with Crippen molar-refractivity contribution in [2.75, 3.05) is 26.2 Å². The summed E-state index contributed by atoms with van der Waals surface area (Å²) in [5, 5.41) is 3.46. The molecule has 1 aliphatic rings. The Bertz CT molecular complexity index is 476. The maximum atomic E-state index is 3.46. The van der Waals surface area contributed by atoms with Crippen LogP contribution in [0.1, 0.15) is 11.1 Å². The second-order valence-electron chi connectivity index (χ2n) is 5.82. The molecule has 0 amide bonds. The molecule has 0 aliphatic carbocycles. The zero-order valence-electron chi connectivity index (χ0n) is 12.5. The molecule has 1 saturated heterocycles. The molecular weight excluding hydrogens is 256 g/mol. The zero-order chi connectivity index (χ0) is 14.3. The molecule has 2 heteroatoms. The normalized spacial score (nSPS) is 16.2. The Morgan fingerprint density at radius 2 is 1.24 bits per heavy atom. The minimum absolute atomic E-state index is 0.594. The van der Waals surface area contributed by atoms with Crippen molar-refractivity contribution < 1.29 is 0 Å². The molecule has 0 radical (unpaired) electrons. The molecule has 0 atom stereocenters. The Kier molecular flexibility index (Phi) is 5.03. The number of nitrogens with zero attached hydrogens (tertiary/aromatic N) is 1. The lowest BCUT2D eigenvalue weighted by Crippen LogP contribution is -2.49. The monoisotopic (exact) mass is 280 g/mol. The first-order valence-corrected chi connectivity index (χ1v) is 7.94. The van der Waals surface area contributed by atoms with Crippen LogP contribution in [0.2, 0.25) is 0 Å². The van der Waals surface area contributed by atoms with Crippen molar-refractivity contribution in [1.82, 2.24) is 10.2 Å². The van der Waals surface area contributed by atoms with Crippen molar-refractivity contribution in [3.63, 3.8) is 0 Å². The van der Waals surface area contributed by atoms with Crippen LogP contribution in [0.3, 0.4) is 0 Å². The number of benzene rings is 2. The molecule has 21 heavy (non-hydrogen) atoms.